The fourth-order valence-corrected chi connectivity index (χ4v) is 4.01. The maximum Gasteiger partial charge on any atom is 0.0485 e. The van der Waals surface area contributed by atoms with Crippen molar-refractivity contribution in [2.24, 2.45) is 5.73 Å². The van der Waals surface area contributed by atoms with Gasteiger partial charge in [-0.25, -0.2) is 0 Å². The maximum atomic E-state index is 5.62. The molecule has 0 amide bonds. The van der Waals surface area contributed by atoms with Crippen LogP contribution in [0.2, 0.25) is 0 Å². The summed E-state index contributed by atoms with van der Waals surface area (Å²) in [7, 11) is 0. The van der Waals surface area contributed by atoms with Crippen LogP contribution >= 0.6 is 0 Å². The summed E-state index contributed by atoms with van der Waals surface area (Å²) < 4.78 is 2.51. The lowest BCUT2D eigenvalue weighted by atomic mass is 9.95. The third-order valence-electron chi connectivity index (χ3n) is 5.33. The van der Waals surface area contributed by atoms with Crippen molar-refractivity contribution in [2.45, 2.75) is 45.7 Å². The van der Waals surface area contributed by atoms with Gasteiger partial charge in [0.25, 0.3) is 0 Å². The molecule has 0 atom stereocenters. The van der Waals surface area contributed by atoms with E-state index in [0.29, 0.717) is 6.54 Å². The molecule has 1 aliphatic rings. The van der Waals surface area contributed by atoms with E-state index in [1.54, 1.807) is 11.3 Å². The fraction of sp³-hybridized carbons (Fsp3) is 0.391. The number of hydrogen-bond acceptors (Lipinski definition) is 2. The number of aromatic nitrogens is 1. The Hall–Kier alpha value is -2.10. The van der Waals surface area contributed by atoms with Gasteiger partial charge >= 0.3 is 0 Å². The van der Waals surface area contributed by atoms with Gasteiger partial charge in [0.15, 0.2) is 0 Å². The Kier molecular flexibility index (Phi) is 6.12. The molecule has 1 aromatic heterocycles. The number of fused-ring (bicyclic) bond motifs is 3. The minimum Gasteiger partial charge on any atom is -0.345 e. The molecule has 0 saturated carbocycles. The molecule has 1 heterocycles. The summed E-state index contributed by atoms with van der Waals surface area (Å²) in [5, 5.41) is 4.97. The number of nitrogens with one attached hydrogen (secondary N) is 1. The van der Waals surface area contributed by atoms with Gasteiger partial charge in [-0.1, -0.05) is 31.4 Å². The van der Waals surface area contributed by atoms with Crippen molar-refractivity contribution in [1.82, 2.24) is 9.88 Å². The summed E-state index contributed by atoms with van der Waals surface area (Å²) in [6, 6.07) is 6.94. The van der Waals surface area contributed by atoms with Crippen LogP contribution in [-0.2, 0) is 25.9 Å². The quantitative estimate of drug-likeness (QED) is 0.700. The zero-order chi connectivity index (χ0) is 18.5. The van der Waals surface area contributed by atoms with E-state index in [2.05, 4.69) is 48.2 Å². The number of aryl methyl sites for hydroxylation is 2. The second-order valence-electron chi connectivity index (χ2n) is 7.12. The first-order chi connectivity index (χ1) is 12.7. The smallest absolute Gasteiger partial charge is 0.0485 e. The van der Waals surface area contributed by atoms with E-state index in [0.717, 1.165) is 30.8 Å². The van der Waals surface area contributed by atoms with E-state index in [4.69, 9.17) is 5.73 Å². The van der Waals surface area contributed by atoms with Gasteiger partial charge in [0.1, 0.15) is 0 Å². The molecule has 0 aliphatic heterocycles. The molecule has 3 nitrogen and oxygen atoms in total. The highest BCUT2D eigenvalue weighted by atomic mass is 15.0. The van der Waals surface area contributed by atoms with Crippen molar-refractivity contribution in [2.75, 3.05) is 13.1 Å². The Morgan fingerprint density at radius 3 is 2.85 bits per heavy atom. The molecule has 0 radical (unpaired) electrons. The third-order valence-corrected chi connectivity index (χ3v) is 5.33. The lowest BCUT2D eigenvalue weighted by Gasteiger charge is -2.14. The standard InChI is InChI=1S/C23H31N3/c1-4-18(12-17(3)14-24)15-25-16-19-10-11-23-21(13-19)20-8-6-7-9-22(20)26(23)5-2/h4,10-13,25H,1,3,5-9,14-16,24H2,2H3/b18-12+. The Balaban J connectivity index is 1.76. The van der Waals surface area contributed by atoms with Gasteiger partial charge in [-0.3, -0.25) is 0 Å². The maximum absolute atomic E-state index is 5.62. The van der Waals surface area contributed by atoms with Gasteiger partial charge in [-0.15, -0.1) is 0 Å². The van der Waals surface area contributed by atoms with Crippen LogP contribution in [0.5, 0.6) is 0 Å². The molecule has 138 valence electrons. The molecule has 2 aromatic rings. The number of nitrogens with two attached hydrogens (primary N) is 1. The van der Waals surface area contributed by atoms with Gasteiger partial charge in [-0.2, -0.15) is 0 Å². The predicted octanol–water partition coefficient (Wildman–Crippen LogP) is 4.26. The monoisotopic (exact) mass is 349 g/mol. The molecule has 0 bridgehead atoms. The fourth-order valence-electron chi connectivity index (χ4n) is 4.01. The lowest BCUT2D eigenvalue weighted by molar-refractivity contribution is 0.630. The van der Waals surface area contributed by atoms with E-state index in [-0.39, 0.29) is 0 Å². The summed E-state index contributed by atoms with van der Waals surface area (Å²) in [5.41, 5.74) is 13.5. The molecule has 0 fully saturated rings. The van der Waals surface area contributed by atoms with Crippen LogP contribution in [0, 0.1) is 0 Å². The van der Waals surface area contributed by atoms with Crippen LogP contribution in [0.15, 0.2) is 54.7 Å². The molecule has 3 heteroatoms. The van der Waals surface area contributed by atoms with E-state index in [1.165, 1.54) is 42.1 Å². The molecular weight excluding hydrogens is 318 g/mol. The number of hydrogen-bond donors (Lipinski definition) is 2. The largest absolute Gasteiger partial charge is 0.345 e. The van der Waals surface area contributed by atoms with Crippen LogP contribution in [0.4, 0.5) is 0 Å². The van der Waals surface area contributed by atoms with E-state index in [9.17, 15) is 0 Å². The molecule has 0 unspecified atom stereocenters. The van der Waals surface area contributed by atoms with Gasteiger partial charge < -0.3 is 15.6 Å². The molecule has 26 heavy (non-hydrogen) atoms. The topological polar surface area (TPSA) is 43.0 Å². The van der Waals surface area contributed by atoms with Crippen LogP contribution in [0.25, 0.3) is 10.9 Å². The zero-order valence-corrected chi connectivity index (χ0v) is 16.0. The van der Waals surface area contributed by atoms with Crippen molar-refractivity contribution < 1.29 is 0 Å². The van der Waals surface area contributed by atoms with Gasteiger partial charge in [0.05, 0.1) is 0 Å². The van der Waals surface area contributed by atoms with Crippen LogP contribution < -0.4 is 11.1 Å². The molecule has 1 aliphatic carbocycles. The van der Waals surface area contributed by atoms with Gasteiger partial charge in [0, 0.05) is 42.8 Å². The average molecular weight is 350 g/mol. The van der Waals surface area contributed by atoms with Crippen LogP contribution in [-0.4, -0.2) is 17.7 Å². The second kappa shape index (κ2) is 8.52. The molecule has 1 aromatic carbocycles. The lowest BCUT2D eigenvalue weighted by Crippen LogP contribution is -2.16. The SMILES string of the molecule is C=C/C(=C\C(=C)CN)CNCc1ccc2c(c1)c1c(n2CC)CCCC1. The number of rotatable bonds is 8. The highest BCUT2D eigenvalue weighted by Gasteiger charge is 2.19. The number of nitrogens with zero attached hydrogens (tertiary/aromatic N) is 1. The van der Waals surface area contributed by atoms with Gasteiger partial charge in [0.2, 0.25) is 0 Å². The Labute approximate surface area is 157 Å². The van der Waals surface area contributed by atoms with E-state index in [1.807, 2.05) is 12.2 Å². The summed E-state index contributed by atoms with van der Waals surface area (Å²) in [6.07, 6.45) is 8.97. The van der Waals surface area contributed by atoms with Crippen molar-refractivity contribution in [3.63, 3.8) is 0 Å². The predicted molar refractivity (Wildman–Crippen MR) is 112 cm³/mol. The highest BCUT2D eigenvalue weighted by molar-refractivity contribution is 5.86. The summed E-state index contributed by atoms with van der Waals surface area (Å²) in [6.45, 7) is 13.2. The first-order valence-corrected chi connectivity index (χ1v) is 9.72. The molecule has 3 N–H and O–H groups in total. The molecule has 3 rings (SSSR count). The van der Waals surface area contributed by atoms with Crippen molar-refractivity contribution in [3.05, 3.63) is 71.5 Å². The zero-order valence-electron chi connectivity index (χ0n) is 16.0. The first-order valence-electron chi connectivity index (χ1n) is 9.72. The van der Waals surface area contributed by atoms with Crippen LogP contribution in [0.1, 0.15) is 36.6 Å². The molecule has 0 saturated heterocycles. The normalized spacial score (nSPS) is 14.5. The van der Waals surface area contributed by atoms with Crippen LogP contribution in [0.3, 0.4) is 0 Å². The van der Waals surface area contributed by atoms with E-state index >= 15 is 0 Å². The van der Waals surface area contributed by atoms with Crippen molar-refractivity contribution in [1.29, 1.82) is 0 Å². The van der Waals surface area contributed by atoms with Crippen molar-refractivity contribution >= 4 is 10.9 Å². The summed E-state index contributed by atoms with van der Waals surface area (Å²) >= 11 is 0. The van der Waals surface area contributed by atoms with Crippen molar-refractivity contribution in [3.8, 4) is 0 Å². The summed E-state index contributed by atoms with van der Waals surface area (Å²) in [5.74, 6) is 0. The first kappa shape index (κ1) is 18.7. The second-order valence-corrected chi connectivity index (χ2v) is 7.12. The third kappa shape index (κ3) is 3.84. The Morgan fingerprint density at radius 2 is 2.12 bits per heavy atom. The van der Waals surface area contributed by atoms with Gasteiger partial charge in [-0.05, 0) is 67.0 Å². The summed E-state index contributed by atoms with van der Waals surface area (Å²) in [4.78, 5) is 0. The Bertz CT molecular complexity index is 839. The molecule has 0 spiro atoms. The Morgan fingerprint density at radius 1 is 1.31 bits per heavy atom. The number of benzene rings is 1. The van der Waals surface area contributed by atoms with E-state index < -0.39 is 0 Å². The average Bonchev–Trinajstić information content (AvgIpc) is 3.00. The molecular formula is C23H31N3. The minimum atomic E-state index is 0.480. The minimum absolute atomic E-state index is 0.480. The highest BCUT2D eigenvalue weighted by Crippen LogP contribution is 2.32.